The van der Waals surface area contributed by atoms with Crippen LogP contribution in [0.4, 0.5) is 5.69 Å². The number of rotatable bonds is 6. The molecule has 0 fully saturated rings. The molecule has 0 aliphatic carbocycles. The fraction of sp³-hybridized carbons (Fsp3) is 0.417. The van der Waals surface area contributed by atoms with Crippen molar-refractivity contribution in [2.24, 2.45) is 0 Å². The molecule has 0 aromatic heterocycles. The summed E-state index contributed by atoms with van der Waals surface area (Å²) in [5, 5.41) is 8.52. The molecule has 0 saturated heterocycles. The third-order valence-electron chi connectivity index (χ3n) is 2.65. The first kappa shape index (κ1) is 14.5. The van der Waals surface area contributed by atoms with E-state index in [1.165, 1.54) is 11.4 Å². The fourth-order valence-electron chi connectivity index (χ4n) is 1.51. The highest BCUT2D eigenvalue weighted by Crippen LogP contribution is 2.17. The summed E-state index contributed by atoms with van der Waals surface area (Å²) in [7, 11) is -1.75. The zero-order valence-corrected chi connectivity index (χ0v) is 11.3. The molecule has 0 amide bonds. The summed E-state index contributed by atoms with van der Waals surface area (Å²) in [6, 6.07) is 7.08. The van der Waals surface area contributed by atoms with Gasteiger partial charge in [-0.1, -0.05) is 12.1 Å². The van der Waals surface area contributed by atoms with E-state index in [9.17, 15) is 13.2 Å². The molecule has 0 aliphatic heterocycles. The van der Waals surface area contributed by atoms with Crippen molar-refractivity contribution in [1.82, 2.24) is 0 Å². The second kappa shape index (κ2) is 5.86. The number of aliphatic carboxylic acids is 1. The van der Waals surface area contributed by atoms with Crippen LogP contribution in [0.2, 0.25) is 0 Å². The van der Waals surface area contributed by atoms with Gasteiger partial charge in [0, 0.05) is 13.5 Å². The minimum Gasteiger partial charge on any atom is -0.481 e. The van der Waals surface area contributed by atoms with E-state index in [4.69, 9.17) is 5.11 Å². The number of sulfonamides is 1. The van der Waals surface area contributed by atoms with E-state index in [-0.39, 0.29) is 6.42 Å². The van der Waals surface area contributed by atoms with E-state index < -0.39 is 16.0 Å². The van der Waals surface area contributed by atoms with Gasteiger partial charge in [-0.05, 0) is 30.5 Å². The Balaban J connectivity index is 2.66. The first-order valence-corrected chi connectivity index (χ1v) is 7.40. The van der Waals surface area contributed by atoms with Crippen LogP contribution in [0, 0.1) is 0 Å². The molecule has 5 nitrogen and oxygen atoms in total. The lowest BCUT2D eigenvalue weighted by molar-refractivity contribution is -0.137. The lowest BCUT2D eigenvalue weighted by atomic mass is 10.1. The first-order valence-electron chi connectivity index (χ1n) is 5.55. The van der Waals surface area contributed by atoms with Gasteiger partial charge in [-0.15, -0.1) is 0 Å². The standard InChI is InChI=1S/C12H17NO4S/c1-13(18(2,16)17)11-8-6-10(7-9-11)4-3-5-12(14)15/h6-9H,3-5H2,1-2H3,(H,14,15). The number of carboxylic acids is 1. The second-order valence-corrected chi connectivity index (χ2v) is 6.16. The average molecular weight is 271 g/mol. The monoisotopic (exact) mass is 271 g/mol. The minimum absolute atomic E-state index is 0.144. The summed E-state index contributed by atoms with van der Waals surface area (Å²) in [6.45, 7) is 0. The van der Waals surface area contributed by atoms with Gasteiger partial charge < -0.3 is 5.11 Å². The molecular formula is C12H17NO4S. The topological polar surface area (TPSA) is 74.7 Å². The number of hydrogen-bond donors (Lipinski definition) is 1. The van der Waals surface area contributed by atoms with Gasteiger partial charge in [0.25, 0.3) is 0 Å². The van der Waals surface area contributed by atoms with Crippen LogP contribution in [0.1, 0.15) is 18.4 Å². The van der Waals surface area contributed by atoms with Gasteiger partial charge in [0.2, 0.25) is 10.0 Å². The van der Waals surface area contributed by atoms with Gasteiger partial charge in [-0.2, -0.15) is 0 Å². The molecule has 0 atom stereocenters. The Labute approximate surface area is 107 Å². The van der Waals surface area contributed by atoms with Crippen molar-refractivity contribution in [2.45, 2.75) is 19.3 Å². The summed E-state index contributed by atoms with van der Waals surface area (Å²) in [5.74, 6) is -0.802. The molecule has 0 heterocycles. The van der Waals surface area contributed by atoms with Gasteiger partial charge in [0.15, 0.2) is 0 Å². The first-order chi connectivity index (χ1) is 8.30. The number of hydrogen-bond acceptors (Lipinski definition) is 3. The van der Waals surface area contributed by atoms with Gasteiger partial charge in [0.1, 0.15) is 0 Å². The predicted octanol–water partition coefficient (Wildman–Crippen LogP) is 1.49. The van der Waals surface area contributed by atoms with Crippen LogP contribution >= 0.6 is 0 Å². The maximum atomic E-state index is 11.3. The summed E-state index contributed by atoms with van der Waals surface area (Å²) >= 11 is 0. The zero-order chi connectivity index (χ0) is 13.8. The molecule has 1 aromatic rings. The maximum absolute atomic E-state index is 11.3. The molecule has 1 rings (SSSR count). The van der Waals surface area contributed by atoms with E-state index in [1.807, 2.05) is 12.1 Å². The van der Waals surface area contributed by atoms with Crippen LogP contribution in [-0.2, 0) is 21.2 Å². The molecular weight excluding hydrogens is 254 g/mol. The second-order valence-electron chi connectivity index (χ2n) is 4.14. The third kappa shape index (κ3) is 4.37. The normalized spacial score (nSPS) is 11.2. The van der Waals surface area contributed by atoms with Gasteiger partial charge in [-0.25, -0.2) is 8.42 Å². The highest BCUT2D eigenvalue weighted by Gasteiger charge is 2.11. The number of carboxylic acid groups (broad SMARTS) is 1. The minimum atomic E-state index is -3.24. The van der Waals surface area contributed by atoms with Crippen molar-refractivity contribution in [2.75, 3.05) is 17.6 Å². The molecule has 18 heavy (non-hydrogen) atoms. The lowest BCUT2D eigenvalue weighted by Gasteiger charge is -2.16. The number of nitrogens with zero attached hydrogens (tertiary/aromatic N) is 1. The van der Waals surface area contributed by atoms with Gasteiger partial charge in [0.05, 0.1) is 11.9 Å². The average Bonchev–Trinajstić information content (AvgIpc) is 2.27. The fourth-order valence-corrected chi connectivity index (χ4v) is 2.01. The Morgan fingerprint density at radius 2 is 1.83 bits per heavy atom. The Kier molecular flexibility index (Phi) is 4.72. The molecule has 0 unspecified atom stereocenters. The van der Waals surface area contributed by atoms with Crippen LogP contribution in [0.3, 0.4) is 0 Å². The van der Waals surface area contributed by atoms with Gasteiger partial charge >= 0.3 is 5.97 Å². The molecule has 0 bridgehead atoms. The van der Waals surface area contributed by atoms with Crippen molar-refractivity contribution in [3.8, 4) is 0 Å². The Morgan fingerprint density at radius 3 is 2.28 bits per heavy atom. The van der Waals surface area contributed by atoms with Gasteiger partial charge in [-0.3, -0.25) is 9.10 Å². The van der Waals surface area contributed by atoms with E-state index >= 15 is 0 Å². The Morgan fingerprint density at radius 1 is 1.28 bits per heavy atom. The van der Waals surface area contributed by atoms with Crippen molar-refractivity contribution in [1.29, 1.82) is 0 Å². The molecule has 1 N–H and O–H groups in total. The molecule has 0 aliphatic rings. The van der Waals surface area contributed by atoms with E-state index in [0.717, 1.165) is 11.8 Å². The largest absolute Gasteiger partial charge is 0.481 e. The lowest BCUT2D eigenvalue weighted by Crippen LogP contribution is -2.24. The molecule has 100 valence electrons. The highest BCUT2D eigenvalue weighted by atomic mass is 32.2. The predicted molar refractivity (Wildman–Crippen MR) is 70.3 cm³/mol. The maximum Gasteiger partial charge on any atom is 0.303 e. The summed E-state index contributed by atoms with van der Waals surface area (Å²) < 4.78 is 23.9. The zero-order valence-electron chi connectivity index (χ0n) is 10.5. The number of anilines is 1. The SMILES string of the molecule is CN(c1ccc(CCCC(=O)O)cc1)S(C)(=O)=O. The van der Waals surface area contributed by atoms with E-state index in [1.54, 1.807) is 12.1 Å². The van der Waals surface area contributed by atoms with Crippen LogP contribution in [0.5, 0.6) is 0 Å². The Hall–Kier alpha value is -1.56. The summed E-state index contributed by atoms with van der Waals surface area (Å²) in [6.07, 6.45) is 2.55. The van der Waals surface area contributed by atoms with Crippen LogP contribution in [0.15, 0.2) is 24.3 Å². The van der Waals surface area contributed by atoms with Crippen LogP contribution in [-0.4, -0.2) is 32.8 Å². The number of carbonyl (C=O) groups is 1. The third-order valence-corrected chi connectivity index (χ3v) is 3.86. The summed E-state index contributed by atoms with van der Waals surface area (Å²) in [5.41, 5.74) is 1.60. The molecule has 1 aromatic carbocycles. The van der Waals surface area contributed by atoms with Crippen molar-refractivity contribution < 1.29 is 18.3 Å². The van der Waals surface area contributed by atoms with Crippen LogP contribution < -0.4 is 4.31 Å². The van der Waals surface area contributed by atoms with Crippen molar-refractivity contribution >= 4 is 21.7 Å². The number of aryl methyl sites for hydroxylation is 1. The molecule has 0 spiro atoms. The molecule has 0 saturated carbocycles. The van der Waals surface area contributed by atoms with Crippen molar-refractivity contribution in [3.63, 3.8) is 0 Å². The molecule has 6 heteroatoms. The van der Waals surface area contributed by atoms with Crippen molar-refractivity contribution in [3.05, 3.63) is 29.8 Å². The Bertz CT molecular complexity index is 507. The number of benzene rings is 1. The van der Waals surface area contributed by atoms with Crippen LogP contribution in [0.25, 0.3) is 0 Å². The quantitative estimate of drug-likeness (QED) is 0.850. The van der Waals surface area contributed by atoms with E-state index in [0.29, 0.717) is 18.5 Å². The summed E-state index contributed by atoms with van der Waals surface area (Å²) in [4.78, 5) is 10.4. The highest BCUT2D eigenvalue weighted by molar-refractivity contribution is 7.92. The smallest absolute Gasteiger partial charge is 0.303 e. The molecule has 0 radical (unpaired) electrons. The van der Waals surface area contributed by atoms with E-state index in [2.05, 4.69) is 0 Å².